The van der Waals surface area contributed by atoms with E-state index in [2.05, 4.69) is 12.2 Å². The highest BCUT2D eigenvalue weighted by Crippen LogP contribution is 2.30. The molecule has 0 saturated carbocycles. The van der Waals surface area contributed by atoms with Gasteiger partial charge >= 0.3 is 6.03 Å². The summed E-state index contributed by atoms with van der Waals surface area (Å²) in [6.07, 6.45) is 0.810. The largest absolute Gasteiger partial charge is 0.497 e. The Morgan fingerprint density at radius 3 is 2.45 bits per heavy atom. The second-order valence-corrected chi connectivity index (χ2v) is 8.02. The van der Waals surface area contributed by atoms with Gasteiger partial charge in [-0.2, -0.15) is 0 Å². The summed E-state index contributed by atoms with van der Waals surface area (Å²) < 4.78 is 5.22. The van der Waals surface area contributed by atoms with E-state index in [1.807, 2.05) is 38.1 Å². The molecule has 0 radical (unpaired) electrons. The minimum absolute atomic E-state index is 0.104. The minimum Gasteiger partial charge on any atom is -0.497 e. The lowest BCUT2D eigenvalue weighted by Gasteiger charge is -2.23. The first-order chi connectivity index (χ1) is 14.8. The number of nitrogens with one attached hydrogen (secondary N) is 1. The molecule has 0 spiro atoms. The number of urea groups is 1. The molecule has 0 bridgehead atoms. The number of carbonyl (C=O) groups is 3. The molecule has 7 heteroatoms. The third-order valence-electron chi connectivity index (χ3n) is 5.22. The third-order valence-corrected chi connectivity index (χ3v) is 5.22. The monoisotopic (exact) mass is 423 g/mol. The van der Waals surface area contributed by atoms with Crippen molar-refractivity contribution in [1.29, 1.82) is 0 Å². The highest BCUT2D eigenvalue weighted by Gasteiger charge is 2.46. The highest BCUT2D eigenvalue weighted by molar-refractivity contribution is 6.22. The number of amides is 4. The molecule has 164 valence electrons. The molecule has 1 fully saturated rings. The molecule has 2 aromatic carbocycles. The average molecular weight is 424 g/mol. The molecule has 3 rings (SSSR count). The molecule has 1 heterocycles. The van der Waals surface area contributed by atoms with Crippen LogP contribution in [0.2, 0.25) is 0 Å². The summed E-state index contributed by atoms with van der Waals surface area (Å²) in [5.74, 6) is -0.0218. The van der Waals surface area contributed by atoms with Gasteiger partial charge < -0.3 is 15.0 Å². The SMILES string of the molecule is CCc1ccc(NC(=O)C[C@@H]2C(=O)N(c3cccc(OC)c3)C(=O)N2CC(C)C)cc1. The van der Waals surface area contributed by atoms with Crippen molar-refractivity contribution in [2.75, 3.05) is 23.9 Å². The maximum atomic E-state index is 13.2. The lowest BCUT2D eigenvalue weighted by Crippen LogP contribution is -2.40. The molecule has 1 aliphatic rings. The van der Waals surface area contributed by atoms with Gasteiger partial charge in [0.1, 0.15) is 11.8 Å². The van der Waals surface area contributed by atoms with Gasteiger partial charge in [0, 0.05) is 18.3 Å². The predicted octanol–water partition coefficient (Wildman–Crippen LogP) is 4.08. The van der Waals surface area contributed by atoms with Crippen LogP contribution in [0.3, 0.4) is 0 Å². The maximum Gasteiger partial charge on any atom is 0.332 e. The fourth-order valence-electron chi connectivity index (χ4n) is 3.63. The van der Waals surface area contributed by atoms with Crippen LogP contribution in [0.1, 0.15) is 32.8 Å². The first-order valence-electron chi connectivity index (χ1n) is 10.5. The van der Waals surface area contributed by atoms with Crippen molar-refractivity contribution in [3.63, 3.8) is 0 Å². The number of ether oxygens (including phenoxy) is 1. The molecule has 31 heavy (non-hydrogen) atoms. The third kappa shape index (κ3) is 5.05. The first-order valence-corrected chi connectivity index (χ1v) is 10.5. The fraction of sp³-hybridized carbons (Fsp3) is 0.375. The summed E-state index contributed by atoms with van der Waals surface area (Å²) in [6, 6.07) is 13.1. The Hall–Kier alpha value is -3.35. The Bertz CT molecular complexity index is 956. The van der Waals surface area contributed by atoms with Crippen molar-refractivity contribution < 1.29 is 19.1 Å². The summed E-state index contributed by atoms with van der Waals surface area (Å²) in [4.78, 5) is 41.7. The van der Waals surface area contributed by atoms with Gasteiger partial charge in [-0.15, -0.1) is 0 Å². The van der Waals surface area contributed by atoms with E-state index >= 15 is 0 Å². The van der Waals surface area contributed by atoms with Crippen LogP contribution in [-0.4, -0.2) is 42.4 Å². The van der Waals surface area contributed by atoms with Crippen molar-refractivity contribution in [3.05, 3.63) is 54.1 Å². The van der Waals surface area contributed by atoms with Gasteiger partial charge in [-0.05, 0) is 42.2 Å². The van der Waals surface area contributed by atoms with E-state index in [1.54, 1.807) is 24.3 Å². The minimum atomic E-state index is -0.851. The van der Waals surface area contributed by atoms with Gasteiger partial charge in [0.2, 0.25) is 5.91 Å². The molecule has 4 amide bonds. The Balaban J connectivity index is 1.81. The van der Waals surface area contributed by atoms with Crippen LogP contribution in [0.4, 0.5) is 16.2 Å². The summed E-state index contributed by atoms with van der Waals surface area (Å²) in [6.45, 7) is 6.39. The van der Waals surface area contributed by atoms with Crippen molar-refractivity contribution in [3.8, 4) is 5.75 Å². The summed E-state index contributed by atoms with van der Waals surface area (Å²) >= 11 is 0. The van der Waals surface area contributed by atoms with E-state index in [0.717, 1.165) is 11.3 Å². The number of nitrogens with zero attached hydrogens (tertiary/aromatic N) is 2. The van der Waals surface area contributed by atoms with Gasteiger partial charge in [-0.25, -0.2) is 9.69 Å². The van der Waals surface area contributed by atoms with Gasteiger partial charge in [0.15, 0.2) is 0 Å². The number of benzene rings is 2. The molecule has 1 N–H and O–H groups in total. The van der Waals surface area contributed by atoms with Gasteiger partial charge in [-0.1, -0.05) is 39.0 Å². The lowest BCUT2D eigenvalue weighted by molar-refractivity contribution is -0.124. The molecule has 1 saturated heterocycles. The lowest BCUT2D eigenvalue weighted by atomic mass is 10.1. The summed E-state index contributed by atoms with van der Waals surface area (Å²) in [5.41, 5.74) is 2.27. The number of rotatable bonds is 8. The van der Waals surface area contributed by atoms with Gasteiger partial charge in [0.25, 0.3) is 5.91 Å². The average Bonchev–Trinajstić information content (AvgIpc) is 2.97. The first kappa shape index (κ1) is 22.3. The molecule has 7 nitrogen and oxygen atoms in total. The Labute approximate surface area is 183 Å². The Morgan fingerprint density at radius 2 is 1.84 bits per heavy atom. The van der Waals surface area contributed by atoms with Crippen LogP contribution >= 0.6 is 0 Å². The predicted molar refractivity (Wildman–Crippen MR) is 120 cm³/mol. The van der Waals surface area contributed by atoms with Crippen LogP contribution in [-0.2, 0) is 16.0 Å². The van der Waals surface area contributed by atoms with Gasteiger partial charge in [-0.3, -0.25) is 9.59 Å². The number of carbonyl (C=O) groups excluding carboxylic acids is 3. The van der Waals surface area contributed by atoms with E-state index in [4.69, 9.17) is 4.74 Å². The number of imide groups is 1. The topological polar surface area (TPSA) is 79.0 Å². The number of aryl methyl sites for hydroxylation is 1. The second-order valence-electron chi connectivity index (χ2n) is 8.02. The molecular weight excluding hydrogens is 394 g/mol. The van der Waals surface area contributed by atoms with E-state index < -0.39 is 18.0 Å². The molecule has 1 atom stereocenters. The molecule has 0 aromatic heterocycles. The zero-order valence-corrected chi connectivity index (χ0v) is 18.4. The Morgan fingerprint density at radius 1 is 1.13 bits per heavy atom. The summed E-state index contributed by atoms with van der Waals surface area (Å²) in [7, 11) is 1.53. The summed E-state index contributed by atoms with van der Waals surface area (Å²) in [5, 5.41) is 2.83. The number of anilines is 2. The van der Waals surface area contributed by atoms with E-state index in [9.17, 15) is 14.4 Å². The zero-order chi connectivity index (χ0) is 22.5. The molecule has 1 aliphatic heterocycles. The molecular formula is C24H29N3O4. The smallest absolute Gasteiger partial charge is 0.332 e. The van der Waals surface area contributed by atoms with E-state index in [1.165, 1.54) is 17.6 Å². The normalized spacial score (nSPS) is 16.2. The van der Waals surface area contributed by atoms with E-state index in [-0.39, 0.29) is 18.2 Å². The van der Waals surface area contributed by atoms with Crippen LogP contribution in [0.5, 0.6) is 5.75 Å². The van der Waals surface area contributed by atoms with Crippen LogP contribution in [0, 0.1) is 5.92 Å². The van der Waals surface area contributed by atoms with Crippen molar-refractivity contribution in [1.82, 2.24) is 4.90 Å². The van der Waals surface area contributed by atoms with Crippen molar-refractivity contribution >= 4 is 29.2 Å². The quantitative estimate of drug-likeness (QED) is 0.649. The number of hydrogen-bond donors (Lipinski definition) is 1. The molecule has 0 unspecified atom stereocenters. The Kier molecular flexibility index (Phi) is 6.95. The maximum absolute atomic E-state index is 13.2. The number of hydrogen-bond acceptors (Lipinski definition) is 4. The zero-order valence-electron chi connectivity index (χ0n) is 18.4. The van der Waals surface area contributed by atoms with E-state index in [0.29, 0.717) is 23.7 Å². The second kappa shape index (κ2) is 9.64. The van der Waals surface area contributed by atoms with Crippen molar-refractivity contribution in [2.24, 2.45) is 5.92 Å². The van der Waals surface area contributed by atoms with Crippen LogP contribution < -0.4 is 15.0 Å². The van der Waals surface area contributed by atoms with Gasteiger partial charge in [0.05, 0.1) is 19.2 Å². The fourth-order valence-corrected chi connectivity index (χ4v) is 3.63. The molecule has 0 aliphatic carbocycles. The highest BCUT2D eigenvalue weighted by atomic mass is 16.5. The standard InChI is InChI=1S/C24H29N3O4/c1-5-17-9-11-18(12-10-17)25-22(28)14-21-23(29)27(24(30)26(21)15-16(2)3)19-7-6-8-20(13-19)31-4/h6-13,16,21H,5,14-15H2,1-4H3,(H,25,28)/t21-/m1/s1. The molecule has 2 aromatic rings. The van der Waals surface area contributed by atoms with Crippen LogP contribution in [0.25, 0.3) is 0 Å². The van der Waals surface area contributed by atoms with Crippen LogP contribution in [0.15, 0.2) is 48.5 Å². The van der Waals surface area contributed by atoms with Crippen molar-refractivity contribution in [2.45, 2.75) is 39.7 Å². The number of methoxy groups -OCH3 is 1.